The summed E-state index contributed by atoms with van der Waals surface area (Å²) >= 11 is 4.70. The molecule has 0 aliphatic carbocycles. The van der Waals surface area contributed by atoms with Gasteiger partial charge in [-0.2, -0.15) is 0 Å². The van der Waals surface area contributed by atoms with E-state index in [9.17, 15) is 4.79 Å². The maximum atomic E-state index is 12.1. The van der Waals surface area contributed by atoms with Crippen molar-refractivity contribution in [3.63, 3.8) is 0 Å². The Morgan fingerprint density at radius 2 is 2.39 bits per heavy atom. The first-order chi connectivity index (χ1) is 8.58. The van der Waals surface area contributed by atoms with Crippen molar-refractivity contribution in [3.05, 3.63) is 3.92 Å². The van der Waals surface area contributed by atoms with Gasteiger partial charge in [0.25, 0.3) is 0 Å². The largest absolute Gasteiger partial charge is 0.377 e. The van der Waals surface area contributed by atoms with E-state index in [-0.39, 0.29) is 18.0 Å². The van der Waals surface area contributed by atoms with Crippen LogP contribution >= 0.6 is 27.3 Å². The minimum absolute atomic E-state index is 0.0315. The number of carbonyl (C=O) groups excluding carboxylic acids is 1. The van der Waals surface area contributed by atoms with Crippen LogP contribution in [-0.4, -0.2) is 47.9 Å². The highest BCUT2D eigenvalue weighted by Gasteiger charge is 2.31. The molecule has 1 amide bonds. The molecule has 1 aliphatic rings. The molecule has 1 aromatic heterocycles. The van der Waals surface area contributed by atoms with Crippen LogP contribution in [0.1, 0.15) is 13.8 Å². The third-order valence-electron chi connectivity index (χ3n) is 2.50. The average molecular weight is 335 g/mol. The molecule has 18 heavy (non-hydrogen) atoms. The quantitative estimate of drug-likeness (QED) is 0.894. The van der Waals surface area contributed by atoms with Crippen molar-refractivity contribution in [3.8, 4) is 0 Å². The summed E-state index contributed by atoms with van der Waals surface area (Å²) in [5.74, 6) is -0.0315. The first kappa shape index (κ1) is 13.7. The molecule has 1 aliphatic heterocycles. The summed E-state index contributed by atoms with van der Waals surface area (Å²) in [5, 5.41) is 11.6. The Balaban J connectivity index is 2.13. The molecule has 1 saturated heterocycles. The first-order valence-electron chi connectivity index (χ1n) is 5.71. The van der Waals surface area contributed by atoms with Crippen LogP contribution in [0.15, 0.2) is 3.92 Å². The van der Waals surface area contributed by atoms with Crippen molar-refractivity contribution in [2.45, 2.75) is 25.9 Å². The van der Waals surface area contributed by atoms with Crippen molar-refractivity contribution < 1.29 is 9.53 Å². The average Bonchev–Trinajstić information content (AvgIpc) is 2.75. The molecule has 6 nitrogen and oxygen atoms in total. The summed E-state index contributed by atoms with van der Waals surface area (Å²) < 4.78 is 6.10. The zero-order valence-electron chi connectivity index (χ0n) is 10.2. The molecule has 1 unspecified atom stereocenters. The fourth-order valence-corrected chi connectivity index (χ4v) is 2.91. The molecular weight excluding hydrogens is 320 g/mol. The Kier molecular flexibility index (Phi) is 4.52. The number of nitrogens with one attached hydrogen (secondary N) is 1. The number of carbonyl (C=O) groups is 1. The van der Waals surface area contributed by atoms with Crippen LogP contribution in [-0.2, 0) is 9.53 Å². The second-order valence-corrected chi connectivity index (χ2v) is 6.52. The van der Waals surface area contributed by atoms with Gasteiger partial charge in [0, 0.05) is 12.6 Å². The number of ether oxygens (including phenoxy) is 1. The Morgan fingerprint density at radius 1 is 1.61 bits per heavy atom. The van der Waals surface area contributed by atoms with Crippen LogP contribution in [0.3, 0.4) is 0 Å². The van der Waals surface area contributed by atoms with E-state index in [2.05, 4.69) is 31.4 Å². The highest BCUT2D eigenvalue weighted by molar-refractivity contribution is 9.11. The highest BCUT2D eigenvalue weighted by atomic mass is 79.9. The fraction of sp³-hybridized carbons (Fsp3) is 0.700. The van der Waals surface area contributed by atoms with E-state index in [4.69, 9.17) is 4.74 Å². The number of amides is 1. The number of halogens is 1. The minimum Gasteiger partial charge on any atom is -0.377 e. The number of rotatable bonds is 3. The molecule has 1 N–H and O–H groups in total. The van der Waals surface area contributed by atoms with E-state index >= 15 is 0 Å². The number of aromatic nitrogens is 2. The summed E-state index contributed by atoms with van der Waals surface area (Å²) in [6.45, 7) is 5.51. The molecule has 0 radical (unpaired) electrons. The van der Waals surface area contributed by atoms with Crippen LogP contribution in [0.2, 0.25) is 0 Å². The van der Waals surface area contributed by atoms with Gasteiger partial charge < -0.3 is 15.0 Å². The third kappa shape index (κ3) is 3.18. The summed E-state index contributed by atoms with van der Waals surface area (Å²) in [6.07, 6.45) is 0. The van der Waals surface area contributed by atoms with E-state index in [0.717, 1.165) is 5.13 Å². The van der Waals surface area contributed by atoms with Crippen molar-refractivity contribution in [2.24, 2.45) is 0 Å². The molecule has 1 fully saturated rings. The maximum Gasteiger partial charge on any atom is 0.245 e. The molecular formula is C10H15BrN4O2S. The fourth-order valence-electron chi connectivity index (χ4n) is 1.74. The van der Waals surface area contributed by atoms with Gasteiger partial charge in [-0.05, 0) is 29.8 Å². The van der Waals surface area contributed by atoms with Crippen LogP contribution in [0.4, 0.5) is 5.13 Å². The molecule has 2 rings (SSSR count). The molecule has 100 valence electrons. The predicted molar refractivity (Wildman–Crippen MR) is 72.8 cm³/mol. The molecule has 2 heterocycles. The van der Waals surface area contributed by atoms with Crippen LogP contribution in [0, 0.1) is 0 Å². The first-order valence-corrected chi connectivity index (χ1v) is 7.32. The van der Waals surface area contributed by atoms with Crippen LogP contribution in [0.5, 0.6) is 0 Å². The van der Waals surface area contributed by atoms with Gasteiger partial charge in [0.2, 0.25) is 11.0 Å². The van der Waals surface area contributed by atoms with Gasteiger partial charge >= 0.3 is 0 Å². The molecule has 0 bridgehead atoms. The Hall–Kier alpha value is -0.730. The monoisotopic (exact) mass is 334 g/mol. The smallest absolute Gasteiger partial charge is 0.245 e. The number of hydrogen-bond donors (Lipinski definition) is 1. The topological polar surface area (TPSA) is 67.3 Å². The molecule has 0 aromatic carbocycles. The Bertz CT molecular complexity index is 426. The lowest BCUT2D eigenvalue weighted by molar-refractivity contribution is -0.125. The maximum absolute atomic E-state index is 12.1. The van der Waals surface area contributed by atoms with E-state index in [1.165, 1.54) is 11.3 Å². The SMILES string of the molecule is CC(C)NC(=O)C1COCCN1c1nnc(Br)s1. The summed E-state index contributed by atoms with van der Waals surface area (Å²) in [6, 6.07) is -0.219. The Labute approximate surface area is 118 Å². The van der Waals surface area contributed by atoms with Crippen molar-refractivity contribution in [1.29, 1.82) is 0 Å². The lowest BCUT2D eigenvalue weighted by atomic mass is 10.2. The van der Waals surface area contributed by atoms with E-state index in [0.29, 0.717) is 23.7 Å². The van der Waals surface area contributed by atoms with Gasteiger partial charge in [0.05, 0.1) is 13.2 Å². The zero-order valence-corrected chi connectivity index (χ0v) is 12.6. The lowest BCUT2D eigenvalue weighted by Crippen LogP contribution is -2.55. The van der Waals surface area contributed by atoms with Gasteiger partial charge in [-0.25, -0.2) is 0 Å². The number of nitrogens with zero attached hydrogens (tertiary/aromatic N) is 3. The highest BCUT2D eigenvalue weighted by Crippen LogP contribution is 2.26. The van der Waals surface area contributed by atoms with E-state index in [1.807, 2.05) is 18.7 Å². The molecule has 0 spiro atoms. The standard InChI is InChI=1S/C10H15BrN4O2S/c1-6(2)12-8(16)7-5-17-4-3-15(7)10-14-13-9(11)18-10/h6-7H,3-5H2,1-2H3,(H,12,16). The van der Waals surface area contributed by atoms with Gasteiger partial charge in [-0.15, -0.1) is 10.2 Å². The van der Waals surface area contributed by atoms with Crippen molar-refractivity contribution >= 4 is 38.3 Å². The normalized spacial score (nSPS) is 20.2. The minimum atomic E-state index is -0.332. The van der Waals surface area contributed by atoms with Crippen LogP contribution in [0.25, 0.3) is 0 Å². The number of hydrogen-bond acceptors (Lipinski definition) is 6. The van der Waals surface area contributed by atoms with Gasteiger partial charge in [0.1, 0.15) is 6.04 Å². The van der Waals surface area contributed by atoms with Crippen molar-refractivity contribution in [1.82, 2.24) is 15.5 Å². The third-order valence-corrected chi connectivity index (χ3v) is 3.89. The summed E-state index contributed by atoms with van der Waals surface area (Å²) in [7, 11) is 0. The lowest BCUT2D eigenvalue weighted by Gasteiger charge is -2.34. The summed E-state index contributed by atoms with van der Waals surface area (Å²) in [5.41, 5.74) is 0. The zero-order chi connectivity index (χ0) is 13.1. The second-order valence-electron chi connectivity index (χ2n) is 4.28. The van der Waals surface area contributed by atoms with Gasteiger partial charge in [-0.1, -0.05) is 11.3 Å². The van der Waals surface area contributed by atoms with Gasteiger partial charge in [0.15, 0.2) is 3.92 Å². The number of anilines is 1. The molecule has 0 saturated carbocycles. The van der Waals surface area contributed by atoms with E-state index < -0.39 is 0 Å². The summed E-state index contributed by atoms with van der Waals surface area (Å²) in [4.78, 5) is 14.1. The predicted octanol–water partition coefficient (Wildman–Crippen LogP) is 1.03. The molecule has 1 atom stereocenters. The Morgan fingerprint density at radius 3 is 3.00 bits per heavy atom. The molecule has 8 heteroatoms. The van der Waals surface area contributed by atoms with Gasteiger partial charge in [-0.3, -0.25) is 4.79 Å². The van der Waals surface area contributed by atoms with Crippen molar-refractivity contribution in [2.75, 3.05) is 24.7 Å². The molecule has 1 aromatic rings. The van der Waals surface area contributed by atoms with E-state index in [1.54, 1.807) is 0 Å². The second kappa shape index (κ2) is 5.94. The van der Waals surface area contributed by atoms with Crippen LogP contribution < -0.4 is 10.2 Å². The number of morpholine rings is 1.